The van der Waals surface area contributed by atoms with Crippen LogP contribution >= 0.6 is 0 Å². The first-order chi connectivity index (χ1) is 14.4. The molecule has 3 aliphatic rings. The highest BCUT2D eigenvalue weighted by Crippen LogP contribution is 2.28. The van der Waals surface area contributed by atoms with Crippen molar-refractivity contribution in [3.05, 3.63) is 34.4 Å². The van der Waals surface area contributed by atoms with E-state index < -0.39 is 0 Å². The van der Waals surface area contributed by atoms with Crippen LogP contribution < -0.4 is 10.5 Å². The van der Waals surface area contributed by atoms with Gasteiger partial charge in [0.25, 0.3) is 5.56 Å². The predicted octanol–water partition coefficient (Wildman–Crippen LogP) is 2.11. The number of hydrogen-bond donors (Lipinski definition) is 0. The summed E-state index contributed by atoms with van der Waals surface area (Å²) in [5, 5.41) is 0.601. The van der Waals surface area contributed by atoms with Crippen LogP contribution in [0.2, 0.25) is 0 Å². The number of fused-ring (bicyclic) bond motifs is 5. The number of rotatable bonds is 5. The maximum absolute atomic E-state index is 13.4. The molecule has 4 heterocycles. The van der Waals surface area contributed by atoms with Crippen LogP contribution in [0, 0.1) is 0 Å². The Morgan fingerprint density at radius 1 is 1.20 bits per heavy atom. The molecule has 5 rings (SSSR count). The Hall–Kier alpha value is -2.41. The van der Waals surface area contributed by atoms with Gasteiger partial charge < -0.3 is 14.7 Å². The van der Waals surface area contributed by atoms with Gasteiger partial charge in [-0.05, 0) is 44.9 Å². The molecule has 0 atom stereocenters. The highest BCUT2D eigenvalue weighted by atomic mass is 16.2. The molecule has 3 saturated heterocycles. The maximum Gasteiger partial charge on any atom is 0.261 e. The summed E-state index contributed by atoms with van der Waals surface area (Å²) < 4.78 is 1.56. The van der Waals surface area contributed by atoms with Crippen molar-refractivity contribution in [2.45, 2.75) is 58.7 Å². The molecule has 162 valence electrons. The molecule has 2 bridgehead atoms. The molecule has 0 N–H and O–H groups in total. The first kappa shape index (κ1) is 20.8. The first-order valence-electron chi connectivity index (χ1n) is 11.2. The van der Waals surface area contributed by atoms with Crippen LogP contribution in [0.3, 0.4) is 0 Å². The second kappa shape index (κ2) is 8.38. The summed E-state index contributed by atoms with van der Waals surface area (Å²) >= 11 is 0. The number of benzene rings is 1. The van der Waals surface area contributed by atoms with E-state index >= 15 is 0 Å². The van der Waals surface area contributed by atoms with Crippen LogP contribution in [-0.2, 0) is 17.8 Å². The molecule has 7 nitrogen and oxygen atoms in total. The van der Waals surface area contributed by atoms with Gasteiger partial charge in [-0.1, -0.05) is 6.92 Å². The van der Waals surface area contributed by atoms with E-state index in [0.29, 0.717) is 29.2 Å². The summed E-state index contributed by atoms with van der Waals surface area (Å²) in [5.41, 5.74) is 1.69. The third-order valence-electron chi connectivity index (χ3n) is 6.78. The van der Waals surface area contributed by atoms with Gasteiger partial charge in [-0.15, -0.1) is 0 Å². The predicted molar refractivity (Wildman–Crippen MR) is 120 cm³/mol. The van der Waals surface area contributed by atoms with Crippen molar-refractivity contribution in [3.8, 4) is 0 Å². The topological polar surface area (TPSA) is 61.7 Å². The number of anilines is 1. The van der Waals surface area contributed by atoms with Gasteiger partial charge in [0.1, 0.15) is 12.4 Å². The van der Waals surface area contributed by atoms with E-state index in [1.54, 1.807) is 16.5 Å². The lowest BCUT2D eigenvalue weighted by Gasteiger charge is -2.33. The van der Waals surface area contributed by atoms with Gasteiger partial charge in [0, 0.05) is 57.4 Å². The highest BCUT2D eigenvalue weighted by molar-refractivity contribution is 5.83. The number of hydrogen-bond acceptors (Lipinski definition) is 5. The van der Waals surface area contributed by atoms with Gasteiger partial charge in [0.05, 0.1) is 10.9 Å². The Labute approximate surface area is 178 Å². The smallest absolute Gasteiger partial charge is 0.261 e. The molecule has 7 heteroatoms. The van der Waals surface area contributed by atoms with Gasteiger partial charge in [-0.25, -0.2) is 4.98 Å². The largest absolute Gasteiger partial charge is 0.367 e. The lowest BCUT2D eigenvalue weighted by atomic mass is 10.0. The third kappa shape index (κ3) is 3.83. The molecule has 0 saturated carbocycles. The number of carbonyl (C=O) groups excluding carboxylic acids is 1. The van der Waals surface area contributed by atoms with Gasteiger partial charge in [0.15, 0.2) is 0 Å². The molecule has 30 heavy (non-hydrogen) atoms. The van der Waals surface area contributed by atoms with Crippen LogP contribution in [0.5, 0.6) is 0 Å². The first-order valence-corrected chi connectivity index (χ1v) is 11.2. The Morgan fingerprint density at radius 3 is 2.60 bits per heavy atom. The Bertz CT molecular complexity index is 991. The van der Waals surface area contributed by atoms with Gasteiger partial charge >= 0.3 is 0 Å². The van der Waals surface area contributed by atoms with Gasteiger partial charge in [0.2, 0.25) is 5.91 Å². The summed E-state index contributed by atoms with van der Waals surface area (Å²) in [4.78, 5) is 37.5. The molecular weight excluding hydrogens is 378 g/mol. The van der Waals surface area contributed by atoms with E-state index in [-0.39, 0.29) is 24.1 Å². The quantitative estimate of drug-likeness (QED) is 0.754. The Morgan fingerprint density at radius 2 is 1.93 bits per heavy atom. The average Bonchev–Trinajstić information content (AvgIpc) is 3.08. The lowest BCUT2D eigenvalue weighted by Crippen LogP contribution is -2.39. The SMILES string of the molecule is CCc1nc2ccc(N3CCN4CCC3CC4)cc2c(=O)n1CC(=O)N(C)C(C)C. The molecule has 0 aliphatic carbocycles. The van der Waals surface area contributed by atoms with Crippen molar-refractivity contribution in [1.82, 2.24) is 19.4 Å². The third-order valence-corrected chi connectivity index (χ3v) is 6.78. The number of aromatic nitrogens is 2. The monoisotopic (exact) mass is 411 g/mol. The number of piperidine rings is 1. The zero-order valence-corrected chi connectivity index (χ0v) is 18.6. The van der Waals surface area contributed by atoms with Crippen molar-refractivity contribution < 1.29 is 4.79 Å². The second-order valence-corrected chi connectivity index (χ2v) is 8.84. The van der Waals surface area contributed by atoms with Crippen LogP contribution in [0.1, 0.15) is 39.4 Å². The number of aryl methyl sites for hydroxylation is 1. The minimum atomic E-state index is -0.118. The van der Waals surface area contributed by atoms with Crippen LogP contribution in [-0.4, -0.2) is 70.6 Å². The van der Waals surface area contributed by atoms with Crippen molar-refractivity contribution in [2.75, 3.05) is 38.1 Å². The van der Waals surface area contributed by atoms with Gasteiger partial charge in [-0.2, -0.15) is 0 Å². The zero-order chi connectivity index (χ0) is 21.4. The fourth-order valence-electron chi connectivity index (χ4n) is 4.63. The lowest BCUT2D eigenvalue weighted by molar-refractivity contribution is -0.132. The Balaban J connectivity index is 1.73. The number of amides is 1. The molecule has 0 radical (unpaired) electrons. The molecule has 1 amide bonds. The number of carbonyl (C=O) groups is 1. The molecule has 2 aromatic rings. The summed E-state index contributed by atoms with van der Waals surface area (Å²) in [6, 6.07) is 6.69. The van der Waals surface area contributed by atoms with Crippen molar-refractivity contribution in [2.24, 2.45) is 0 Å². The van der Waals surface area contributed by atoms with E-state index in [1.165, 1.54) is 12.8 Å². The highest BCUT2D eigenvalue weighted by Gasteiger charge is 2.29. The van der Waals surface area contributed by atoms with Gasteiger partial charge in [-0.3, -0.25) is 14.2 Å². The fraction of sp³-hybridized carbons (Fsp3) is 0.609. The molecule has 1 aromatic carbocycles. The van der Waals surface area contributed by atoms with E-state index in [4.69, 9.17) is 4.98 Å². The zero-order valence-electron chi connectivity index (χ0n) is 18.6. The van der Waals surface area contributed by atoms with Crippen LogP contribution in [0.15, 0.2) is 23.0 Å². The van der Waals surface area contributed by atoms with Crippen molar-refractivity contribution in [1.29, 1.82) is 0 Å². The van der Waals surface area contributed by atoms with Crippen LogP contribution in [0.25, 0.3) is 10.9 Å². The Kier molecular flexibility index (Phi) is 5.82. The normalized spacial score (nSPS) is 21.3. The summed E-state index contributed by atoms with van der Waals surface area (Å²) in [6.07, 6.45) is 2.95. The molecule has 0 unspecified atom stereocenters. The molecular formula is C23H33N5O2. The molecule has 3 fully saturated rings. The average molecular weight is 412 g/mol. The van der Waals surface area contributed by atoms with Crippen molar-refractivity contribution in [3.63, 3.8) is 0 Å². The summed E-state index contributed by atoms with van der Waals surface area (Å²) in [6.45, 7) is 10.3. The van der Waals surface area contributed by atoms with E-state index in [1.807, 2.05) is 32.9 Å². The number of nitrogens with zero attached hydrogens (tertiary/aromatic N) is 5. The van der Waals surface area contributed by atoms with E-state index in [0.717, 1.165) is 31.9 Å². The number of likely N-dealkylation sites (N-methyl/N-ethyl adjacent to an activating group) is 1. The fourth-order valence-corrected chi connectivity index (χ4v) is 4.63. The molecule has 0 spiro atoms. The van der Waals surface area contributed by atoms with Crippen LogP contribution in [0.4, 0.5) is 5.69 Å². The van der Waals surface area contributed by atoms with E-state index in [2.05, 4.69) is 15.9 Å². The van der Waals surface area contributed by atoms with Crippen molar-refractivity contribution >= 4 is 22.5 Å². The summed E-state index contributed by atoms with van der Waals surface area (Å²) in [7, 11) is 1.78. The minimum Gasteiger partial charge on any atom is -0.367 e. The molecule has 3 aliphatic heterocycles. The van der Waals surface area contributed by atoms with E-state index in [9.17, 15) is 9.59 Å². The minimum absolute atomic E-state index is 0.0329. The second-order valence-electron chi connectivity index (χ2n) is 8.84. The summed E-state index contributed by atoms with van der Waals surface area (Å²) in [5.74, 6) is 0.588. The molecule has 1 aromatic heterocycles. The standard InChI is InChI=1S/C23H33N5O2/c1-5-21-24-20-7-6-18(27-13-12-26-10-8-17(27)9-11-26)14-19(20)23(30)28(21)15-22(29)25(4)16(2)3/h6-7,14,16-17H,5,8-13,15H2,1-4H3. The maximum atomic E-state index is 13.4.